The lowest BCUT2D eigenvalue weighted by atomic mass is 10.1. The Kier molecular flexibility index (Phi) is 49.7. The molecule has 0 saturated carbocycles. The van der Waals surface area contributed by atoms with Crippen molar-refractivity contribution in [1.29, 1.82) is 0 Å². The number of nitrogens with one attached hydrogen (secondary N) is 10. The summed E-state index contributed by atoms with van der Waals surface area (Å²) in [6.07, 6.45) is 59.3. The average Bonchev–Trinajstić information content (AvgIpc) is 1.64. The van der Waals surface area contributed by atoms with Crippen LogP contribution in [0.4, 0.5) is 19.2 Å². The van der Waals surface area contributed by atoms with E-state index in [-0.39, 0.29) is 43.9 Å². The van der Waals surface area contributed by atoms with Gasteiger partial charge >= 0.3 is 24.1 Å². The fourth-order valence-electron chi connectivity index (χ4n) is 13.0. The molecular formula is C84H142N12O8. The fourth-order valence-corrected chi connectivity index (χ4v) is 13.0. The van der Waals surface area contributed by atoms with Crippen LogP contribution in [0.1, 0.15) is 333 Å². The largest absolute Gasteiger partial charge is 0.489 e. The minimum absolute atomic E-state index is 0.183. The molecule has 5 rings (SSSR count). The molecule has 2 aliphatic rings. The number of amides is 8. The predicted molar refractivity (Wildman–Crippen MR) is 432 cm³/mol. The lowest BCUT2D eigenvalue weighted by Crippen LogP contribution is -2.36. The molecule has 20 heteroatoms. The molecule has 104 heavy (non-hydrogen) atoms. The highest BCUT2D eigenvalue weighted by Crippen LogP contribution is 2.37. The molecule has 0 atom stereocenters. The second-order valence-corrected chi connectivity index (χ2v) is 28.6. The predicted octanol–water partition coefficient (Wildman–Crippen LogP) is 20.6. The van der Waals surface area contributed by atoms with Crippen molar-refractivity contribution in [3.05, 3.63) is 47.0 Å². The van der Waals surface area contributed by atoms with Gasteiger partial charge in [-0.1, -0.05) is 259 Å². The molecule has 0 aromatic carbocycles. The number of nitrogens with zero attached hydrogens (tertiary/aromatic N) is 2. The van der Waals surface area contributed by atoms with Gasteiger partial charge in [0.05, 0.1) is 48.5 Å². The molecule has 8 bridgehead atoms. The monoisotopic (exact) mass is 1450 g/mol. The van der Waals surface area contributed by atoms with Gasteiger partial charge in [0.2, 0.25) is 0 Å². The van der Waals surface area contributed by atoms with Crippen LogP contribution in [0.2, 0.25) is 0 Å². The van der Waals surface area contributed by atoms with Crippen LogP contribution < -0.4 is 61.5 Å². The van der Waals surface area contributed by atoms with E-state index in [4.69, 9.17) is 28.9 Å². The van der Waals surface area contributed by atoms with E-state index in [1.54, 1.807) is 0 Å². The van der Waals surface area contributed by atoms with Gasteiger partial charge in [-0.3, -0.25) is 0 Å². The zero-order chi connectivity index (χ0) is 73.8. The number of hydrogen-bond acceptors (Lipinski definition) is 10. The van der Waals surface area contributed by atoms with Crippen LogP contribution in [0.5, 0.6) is 23.0 Å². The third kappa shape index (κ3) is 39.8. The van der Waals surface area contributed by atoms with E-state index in [0.29, 0.717) is 152 Å². The van der Waals surface area contributed by atoms with Crippen LogP contribution in [-0.4, -0.2) is 123 Å². The van der Waals surface area contributed by atoms with E-state index in [2.05, 4.69) is 80.2 Å². The third-order valence-electron chi connectivity index (χ3n) is 19.2. The Morgan fingerprint density at radius 3 is 0.673 bits per heavy atom. The molecule has 10 N–H and O–H groups in total. The normalized spacial score (nSPS) is 11.6. The van der Waals surface area contributed by atoms with Gasteiger partial charge in [0.1, 0.15) is 22.8 Å². The van der Waals surface area contributed by atoms with Crippen molar-refractivity contribution in [3.63, 3.8) is 0 Å². The molecule has 5 heterocycles. The molecule has 20 nitrogen and oxygen atoms in total. The first kappa shape index (κ1) is 87.5. The molecule has 3 aromatic rings. The molecular weight excluding hydrogens is 1300 g/mol. The number of rotatable bonds is 64. The summed E-state index contributed by atoms with van der Waals surface area (Å²) in [6, 6.07) is 7.06. The van der Waals surface area contributed by atoms with E-state index >= 15 is 0 Å². The smallest absolute Gasteiger partial charge is 0.314 e. The number of urea groups is 4. The van der Waals surface area contributed by atoms with Gasteiger partial charge in [0.25, 0.3) is 0 Å². The Bertz CT molecular complexity index is 2850. The van der Waals surface area contributed by atoms with Crippen molar-refractivity contribution in [2.45, 2.75) is 310 Å². The van der Waals surface area contributed by atoms with Crippen LogP contribution in [0.3, 0.4) is 0 Å². The standard InChI is InChI=1S/C84H142N12O8/c1-5-9-13-17-21-25-29-33-37-41-57-85-81(97)89-61-45-65-101-77-69-49-51-71(93-69)78(102-66-46-62-90-82(98)86-58-42-38-34-30-26-22-18-14-10-6-2)73-53-55-75(95-73)80(104-68-48-64-92-84(100)88-60-44-40-36-32-28-24-20-16-12-8-4)76-56-54-74(96-76)79(72-52-50-70(77)94-72)103-67-47-63-91-83(99)87-59-43-39-35-31-27-23-19-15-11-7-3/h49-56,93-94H,5-48,57-68H2,1-4H3,(H2,85,89,97)(H2,86,90,98)(H2,87,91,99)(H2,88,92,100). The summed E-state index contributed by atoms with van der Waals surface area (Å²) in [5, 5.41) is 24.2. The number of carbonyl (C=O) groups excluding carboxylic acids is 4. The number of unbranched alkanes of at least 4 members (excludes halogenated alkanes) is 36. The van der Waals surface area contributed by atoms with Crippen LogP contribution in [-0.2, 0) is 0 Å². The molecule has 0 spiro atoms. The number of carbonyl (C=O) groups is 4. The number of aromatic amines is 2. The Morgan fingerprint density at radius 2 is 0.433 bits per heavy atom. The molecule has 3 aromatic heterocycles. The zero-order valence-electron chi connectivity index (χ0n) is 65.4. The maximum Gasteiger partial charge on any atom is 0.314 e. The van der Waals surface area contributed by atoms with Crippen molar-refractivity contribution >= 4 is 70.5 Å². The summed E-state index contributed by atoms with van der Waals surface area (Å²) in [6.45, 7) is 14.3. The maximum absolute atomic E-state index is 12.9. The summed E-state index contributed by atoms with van der Waals surface area (Å²) < 4.78 is 26.8. The molecule has 0 aliphatic carbocycles. The average molecular weight is 1450 g/mol. The highest BCUT2D eigenvalue weighted by atomic mass is 16.5. The Balaban J connectivity index is 1.33. The van der Waals surface area contributed by atoms with Gasteiger partial charge in [0.15, 0.2) is 23.0 Å². The van der Waals surface area contributed by atoms with E-state index in [9.17, 15) is 19.2 Å². The molecule has 2 aliphatic heterocycles. The lowest BCUT2D eigenvalue weighted by Gasteiger charge is -2.11. The fraction of sp³-hybridized carbons (Fsp3) is 0.714. The highest BCUT2D eigenvalue weighted by Gasteiger charge is 2.20. The van der Waals surface area contributed by atoms with Crippen molar-refractivity contribution < 1.29 is 38.1 Å². The van der Waals surface area contributed by atoms with E-state index in [1.165, 1.54) is 205 Å². The SMILES string of the molecule is CCCCCCCCCCCCNC(=O)NCCCOc1c2nc(c(OCCCNC(=O)NCCCCCCCCCCCC)c3ccc([nH]3)c(OCCCNC(=O)NCCCCCCCCCCCC)c3ccc([nH]3)c(OCCCNC(=O)NCCCCCCCCCCCC)c3nc1C=C3)C=C2. The van der Waals surface area contributed by atoms with Crippen molar-refractivity contribution in [2.75, 3.05) is 78.8 Å². The van der Waals surface area contributed by atoms with Crippen LogP contribution in [0.25, 0.3) is 46.4 Å². The van der Waals surface area contributed by atoms with Crippen LogP contribution in [0.15, 0.2) is 24.3 Å². The number of aromatic nitrogens is 4. The number of ether oxygens (including phenoxy) is 4. The second-order valence-electron chi connectivity index (χ2n) is 28.6. The lowest BCUT2D eigenvalue weighted by molar-refractivity contribution is 0.238. The minimum atomic E-state index is -0.189. The number of fused-ring (bicyclic) bond motifs is 8. The van der Waals surface area contributed by atoms with Gasteiger partial charge in [-0.15, -0.1) is 0 Å². The Labute approximate surface area is 627 Å². The molecule has 8 amide bonds. The molecule has 0 radical (unpaired) electrons. The summed E-state index contributed by atoms with van der Waals surface area (Å²) in [5.74, 6) is 1.97. The molecule has 586 valence electrons. The summed E-state index contributed by atoms with van der Waals surface area (Å²) in [7, 11) is 0. The van der Waals surface area contributed by atoms with E-state index in [0.717, 1.165) is 51.4 Å². The van der Waals surface area contributed by atoms with Gasteiger partial charge < -0.3 is 71.4 Å². The van der Waals surface area contributed by atoms with Gasteiger partial charge in [0, 0.05) is 52.4 Å². The first-order chi connectivity index (χ1) is 51.2. The van der Waals surface area contributed by atoms with Crippen LogP contribution in [0, 0.1) is 0 Å². The zero-order valence-corrected chi connectivity index (χ0v) is 65.4. The van der Waals surface area contributed by atoms with Crippen molar-refractivity contribution in [2.24, 2.45) is 0 Å². The molecule has 0 saturated heterocycles. The van der Waals surface area contributed by atoms with E-state index < -0.39 is 0 Å². The van der Waals surface area contributed by atoms with Gasteiger partial charge in [-0.05, 0) is 99.9 Å². The van der Waals surface area contributed by atoms with Crippen molar-refractivity contribution in [3.8, 4) is 23.0 Å². The highest BCUT2D eigenvalue weighted by molar-refractivity contribution is 5.87. The summed E-state index contributed by atoms with van der Waals surface area (Å²) in [5.41, 5.74) is 4.81. The van der Waals surface area contributed by atoms with Gasteiger partial charge in [-0.2, -0.15) is 0 Å². The topological polar surface area (TPSA) is 259 Å². The Hall–Kier alpha value is -7.12. The molecule has 0 unspecified atom stereocenters. The maximum atomic E-state index is 12.9. The first-order valence-electron chi connectivity index (χ1n) is 42.0. The van der Waals surface area contributed by atoms with Gasteiger partial charge in [-0.25, -0.2) is 29.1 Å². The quantitative estimate of drug-likeness (QED) is 0.0165. The third-order valence-corrected chi connectivity index (χ3v) is 19.2. The minimum Gasteiger partial charge on any atom is -0.489 e. The first-order valence-corrected chi connectivity index (χ1v) is 42.0. The molecule has 0 fully saturated rings. The number of H-pyrrole nitrogens is 2. The Morgan fingerprint density at radius 1 is 0.250 bits per heavy atom. The van der Waals surface area contributed by atoms with Crippen molar-refractivity contribution in [1.82, 2.24) is 62.5 Å². The number of hydrogen-bond donors (Lipinski definition) is 10. The van der Waals surface area contributed by atoms with Crippen LogP contribution >= 0.6 is 0 Å². The van der Waals surface area contributed by atoms with E-state index in [1.807, 2.05) is 48.6 Å². The second kappa shape index (κ2) is 59.1. The summed E-state index contributed by atoms with van der Waals surface area (Å²) >= 11 is 0. The summed E-state index contributed by atoms with van der Waals surface area (Å²) in [4.78, 5) is 69.2.